The lowest BCUT2D eigenvalue weighted by Crippen LogP contribution is -1.85. The minimum atomic E-state index is 0.380. The molecule has 0 saturated carbocycles. The van der Waals surface area contributed by atoms with E-state index < -0.39 is 0 Å². The zero-order valence-electron chi connectivity index (χ0n) is 13.4. The average molecular weight is 286 g/mol. The van der Waals surface area contributed by atoms with E-state index in [0.717, 1.165) is 12.8 Å². The molecule has 21 heavy (non-hydrogen) atoms. The van der Waals surface area contributed by atoms with E-state index in [1.807, 2.05) is 12.1 Å². The summed E-state index contributed by atoms with van der Waals surface area (Å²) in [4.78, 5) is 0. The van der Waals surface area contributed by atoms with E-state index in [1.54, 1.807) is 6.07 Å². The Labute approximate surface area is 130 Å². The first-order chi connectivity index (χ1) is 10.3. The van der Waals surface area contributed by atoms with E-state index in [0.29, 0.717) is 5.75 Å². The molecule has 0 spiro atoms. The van der Waals surface area contributed by atoms with E-state index in [-0.39, 0.29) is 0 Å². The summed E-state index contributed by atoms with van der Waals surface area (Å²) >= 11 is 0. The maximum atomic E-state index is 9.39. The molecule has 1 rings (SSSR count). The normalized spacial score (nSPS) is 11.7. The molecule has 0 saturated heterocycles. The van der Waals surface area contributed by atoms with E-state index in [9.17, 15) is 5.11 Å². The Kier molecular flexibility index (Phi) is 10.2. The van der Waals surface area contributed by atoms with Gasteiger partial charge < -0.3 is 5.11 Å². The molecule has 0 aromatic heterocycles. The second kappa shape index (κ2) is 12.3. The lowest BCUT2D eigenvalue weighted by atomic mass is 10.1. The molecule has 0 amide bonds. The molecule has 0 fully saturated rings. The van der Waals surface area contributed by atoms with Gasteiger partial charge in [-0.05, 0) is 56.2 Å². The van der Waals surface area contributed by atoms with Crippen molar-refractivity contribution in [3.8, 4) is 5.75 Å². The Balaban J connectivity index is 1.94. The fraction of sp³-hybridized carbons (Fsp3) is 0.500. The summed E-state index contributed by atoms with van der Waals surface area (Å²) in [5.74, 6) is 0.380. The van der Waals surface area contributed by atoms with Gasteiger partial charge in [0.05, 0.1) is 0 Å². The molecule has 1 aromatic rings. The average Bonchev–Trinajstić information content (AvgIpc) is 2.48. The molecule has 1 heteroatoms. The maximum absolute atomic E-state index is 9.39. The lowest BCUT2D eigenvalue weighted by molar-refractivity contribution is 0.474. The quantitative estimate of drug-likeness (QED) is 0.380. The SMILES string of the molecule is CCC/C=C/C/C=C/CCCCCCc1cccc(O)c1. The Morgan fingerprint density at radius 3 is 2.43 bits per heavy atom. The summed E-state index contributed by atoms with van der Waals surface area (Å²) in [6.45, 7) is 2.21. The van der Waals surface area contributed by atoms with E-state index >= 15 is 0 Å². The van der Waals surface area contributed by atoms with Crippen LogP contribution < -0.4 is 0 Å². The van der Waals surface area contributed by atoms with Gasteiger partial charge >= 0.3 is 0 Å². The molecule has 0 heterocycles. The molecule has 0 bridgehead atoms. The van der Waals surface area contributed by atoms with Crippen LogP contribution in [0.3, 0.4) is 0 Å². The van der Waals surface area contributed by atoms with Gasteiger partial charge in [-0.15, -0.1) is 0 Å². The Bertz CT molecular complexity index is 418. The number of phenols is 1. The summed E-state index contributed by atoms with van der Waals surface area (Å²) in [6.07, 6.45) is 20.0. The van der Waals surface area contributed by atoms with Crippen LogP contribution in [0, 0.1) is 0 Å². The highest BCUT2D eigenvalue weighted by Crippen LogP contribution is 2.14. The van der Waals surface area contributed by atoms with Crippen LogP contribution in [0.15, 0.2) is 48.6 Å². The molecule has 0 aliphatic carbocycles. The first kappa shape index (κ1) is 17.6. The predicted octanol–water partition coefficient (Wildman–Crippen LogP) is 6.19. The number of hydrogen-bond donors (Lipinski definition) is 1. The molecule has 1 nitrogen and oxygen atoms in total. The fourth-order valence-corrected chi connectivity index (χ4v) is 2.33. The van der Waals surface area contributed by atoms with Crippen molar-refractivity contribution in [2.24, 2.45) is 0 Å². The summed E-state index contributed by atoms with van der Waals surface area (Å²) in [7, 11) is 0. The third-order valence-corrected chi connectivity index (χ3v) is 3.56. The highest BCUT2D eigenvalue weighted by molar-refractivity contribution is 5.27. The van der Waals surface area contributed by atoms with Crippen molar-refractivity contribution >= 4 is 0 Å². The monoisotopic (exact) mass is 286 g/mol. The number of hydrogen-bond acceptors (Lipinski definition) is 1. The summed E-state index contributed by atoms with van der Waals surface area (Å²) in [6, 6.07) is 7.61. The number of phenolic OH excluding ortho intramolecular Hbond substituents is 1. The van der Waals surface area contributed by atoms with Crippen molar-refractivity contribution in [3.05, 3.63) is 54.1 Å². The lowest BCUT2D eigenvalue weighted by Gasteiger charge is -2.02. The molecule has 1 aromatic carbocycles. The van der Waals surface area contributed by atoms with Crippen molar-refractivity contribution in [1.29, 1.82) is 0 Å². The smallest absolute Gasteiger partial charge is 0.115 e. The molecule has 116 valence electrons. The second-order valence-corrected chi connectivity index (χ2v) is 5.59. The molecule has 0 atom stereocenters. The standard InChI is InChI=1S/C20H30O/c1-2-3-4-5-6-7-8-9-10-11-12-13-15-19-16-14-17-20(21)18-19/h4-5,7-8,14,16-18,21H,2-3,6,9-13,15H2,1H3/b5-4+,8-7+. The third-order valence-electron chi connectivity index (χ3n) is 3.56. The highest BCUT2D eigenvalue weighted by atomic mass is 16.3. The van der Waals surface area contributed by atoms with Crippen molar-refractivity contribution in [3.63, 3.8) is 0 Å². The van der Waals surface area contributed by atoms with E-state index in [1.165, 1.54) is 50.5 Å². The van der Waals surface area contributed by atoms with Gasteiger partial charge in [0.2, 0.25) is 0 Å². The van der Waals surface area contributed by atoms with Gasteiger partial charge in [0.15, 0.2) is 0 Å². The highest BCUT2D eigenvalue weighted by Gasteiger charge is 1.95. The second-order valence-electron chi connectivity index (χ2n) is 5.59. The summed E-state index contributed by atoms with van der Waals surface area (Å²) < 4.78 is 0. The van der Waals surface area contributed by atoms with Gasteiger partial charge in [-0.25, -0.2) is 0 Å². The van der Waals surface area contributed by atoms with E-state index in [2.05, 4.69) is 37.3 Å². The molecule has 0 radical (unpaired) electrons. The zero-order chi connectivity index (χ0) is 15.2. The largest absolute Gasteiger partial charge is 0.508 e. The first-order valence-corrected chi connectivity index (χ1v) is 8.41. The minimum Gasteiger partial charge on any atom is -0.508 e. The van der Waals surface area contributed by atoms with Crippen LogP contribution in [0.4, 0.5) is 0 Å². The van der Waals surface area contributed by atoms with Gasteiger partial charge in [-0.2, -0.15) is 0 Å². The molecular formula is C20H30O. The fourth-order valence-electron chi connectivity index (χ4n) is 2.33. The van der Waals surface area contributed by atoms with Gasteiger partial charge in [0.1, 0.15) is 5.75 Å². The number of aryl methyl sites for hydroxylation is 1. The number of rotatable bonds is 11. The van der Waals surface area contributed by atoms with Crippen LogP contribution in [-0.4, -0.2) is 5.11 Å². The first-order valence-electron chi connectivity index (χ1n) is 8.41. The van der Waals surface area contributed by atoms with Crippen LogP contribution in [0.1, 0.15) is 63.9 Å². The third kappa shape index (κ3) is 9.95. The predicted molar refractivity (Wildman–Crippen MR) is 92.7 cm³/mol. The van der Waals surface area contributed by atoms with Crippen LogP contribution in [0.2, 0.25) is 0 Å². The van der Waals surface area contributed by atoms with Crippen molar-refractivity contribution in [1.82, 2.24) is 0 Å². The number of unbranched alkanes of at least 4 members (excludes halogenated alkanes) is 5. The minimum absolute atomic E-state index is 0.380. The van der Waals surface area contributed by atoms with E-state index in [4.69, 9.17) is 0 Å². The van der Waals surface area contributed by atoms with Gasteiger partial charge in [0.25, 0.3) is 0 Å². The number of benzene rings is 1. The molecule has 0 aliphatic heterocycles. The number of aromatic hydroxyl groups is 1. The zero-order valence-corrected chi connectivity index (χ0v) is 13.4. The van der Waals surface area contributed by atoms with Crippen molar-refractivity contribution in [2.45, 2.75) is 64.7 Å². The topological polar surface area (TPSA) is 20.2 Å². The molecule has 1 N–H and O–H groups in total. The van der Waals surface area contributed by atoms with Gasteiger partial charge in [-0.1, -0.05) is 62.6 Å². The summed E-state index contributed by atoms with van der Waals surface area (Å²) in [5.41, 5.74) is 1.24. The summed E-state index contributed by atoms with van der Waals surface area (Å²) in [5, 5.41) is 9.39. The number of allylic oxidation sites excluding steroid dienone is 4. The van der Waals surface area contributed by atoms with Crippen LogP contribution in [-0.2, 0) is 6.42 Å². The van der Waals surface area contributed by atoms with Crippen molar-refractivity contribution in [2.75, 3.05) is 0 Å². The van der Waals surface area contributed by atoms with Gasteiger partial charge in [0, 0.05) is 0 Å². The molecule has 0 aliphatic rings. The Morgan fingerprint density at radius 1 is 0.905 bits per heavy atom. The molecular weight excluding hydrogens is 256 g/mol. The van der Waals surface area contributed by atoms with Crippen molar-refractivity contribution < 1.29 is 5.11 Å². The Hall–Kier alpha value is -1.50. The molecule has 0 unspecified atom stereocenters. The van der Waals surface area contributed by atoms with Crippen LogP contribution >= 0.6 is 0 Å². The van der Waals surface area contributed by atoms with Gasteiger partial charge in [-0.3, -0.25) is 0 Å². The maximum Gasteiger partial charge on any atom is 0.115 e. The van der Waals surface area contributed by atoms with Crippen LogP contribution in [0.25, 0.3) is 0 Å². The van der Waals surface area contributed by atoms with Crippen LogP contribution in [0.5, 0.6) is 5.75 Å². The Morgan fingerprint density at radius 2 is 1.67 bits per heavy atom.